The van der Waals surface area contributed by atoms with Crippen LogP contribution in [-0.4, -0.2) is 9.97 Å². The van der Waals surface area contributed by atoms with Crippen LogP contribution < -0.4 is 5.32 Å². The van der Waals surface area contributed by atoms with E-state index < -0.39 is 0 Å². The minimum absolute atomic E-state index is 0.0121. The van der Waals surface area contributed by atoms with Crippen molar-refractivity contribution in [3.63, 3.8) is 0 Å². The number of aromatic nitrogens is 2. The van der Waals surface area contributed by atoms with E-state index in [0.717, 1.165) is 17.1 Å². The molecule has 2 rings (SSSR count). The van der Waals surface area contributed by atoms with E-state index in [4.69, 9.17) is 4.42 Å². The van der Waals surface area contributed by atoms with Crippen molar-refractivity contribution < 1.29 is 8.81 Å². The Kier molecular flexibility index (Phi) is 3.72. The number of nitrogens with zero attached hydrogens (tertiary/aromatic N) is 2. The van der Waals surface area contributed by atoms with Crippen molar-refractivity contribution in [3.05, 3.63) is 47.2 Å². The minimum Gasteiger partial charge on any atom is -0.444 e. The molecule has 18 heavy (non-hydrogen) atoms. The van der Waals surface area contributed by atoms with E-state index in [9.17, 15) is 4.39 Å². The highest BCUT2D eigenvalue weighted by molar-refractivity contribution is 5.09. The number of rotatable bonds is 4. The molecule has 2 aromatic rings. The first-order chi connectivity index (χ1) is 8.56. The molecule has 0 amide bonds. The molecule has 5 heteroatoms. The van der Waals surface area contributed by atoms with Gasteiger partial charge in [-0.2, -0.15) is 0 Å². The molecule has 2 aromatic heterocycles. The number of oxazole rings is 1. The molecule has 0 radical (unpaired) electrons. The lowest BCUT2D eigenvalue weighted by Crippen LogP contribution is -2.19. The van der Waals surface area contributed by atoms with Crippen molar-refractivity contribution in [1.29, 1.82) is 0 Å². The Bertz CT molecular complexity index is 502. The quantitative estimate of drug-likeness (QED) is 0.905. The highest BCUT2D eigenvalue weighted by atomic mass is 19.1. The van der Waals surface area contributed by atoms with E-state index in [-0.39, 0.29) is 11.9 Å². The van der Waals surface area contributed by atoms with Crippen molar-refractivity contribution >= 4 is 0 Å². The summed E-state index contributed by atoms with van der Waals surface area (Å²) in [5, 5.41) is 3.23. The van der Waals surface area contributed by atoms with Gasteiger partial charge < -0.3 is 9.73 Å². The molecule has 0 bridgehead atoms. The summed E-state index contributed by atoms with van der Waals surface area (Å²) in [6, 6.07) is 3.08. The van der Waals surface area contributed by atoms with Crippen molar-refractivity contribution in [1.82, 2.24) is 15.3 Å². The zero-order valence-electron chi connectivity index (χ0n) is 10.7. The first-order valence-corrected chi connectivity index (χ1v) is 5.84. The summed E-state index contributed by atoms with van der Waals surface area (Å²) in [5.74, 6) is 1.16. The van der Waals surface area contributed by atoms with Gasteiger partial charge >= 0.3 is 0 Å². The zero-order chi connectivity index (χ0) is 13.1. The van der Waals surface area contributed by atoms with Crippen LogP contribution in [0, 0.1) is 19.7 Å². The molecule has 4 nitrogen and oxygen atoms in total. The number of nitrogens with one attached hydrogen (secondary N) is 1. The molecule has 1 N–H and O–H groups in total. The van der Waals surface area contributed by atoms with Gasteiger partial charge in [0.2, 0.25) is 5.89 Å². The van der Waals surface area contributed by atoms with Crippen LogP contribution >= 0.6 is 0 Å². The molecule has 0 aliphatic heterocycles. The first kappa shape index (κ1) is 12.7. The van der Waals surface area contributed by atoms with Gasteiger partial charge in [-0.25, -0.2) is 9.37 Å². The Hall–Kier alpha value is -1.75. The van der Waals surface area contributed by atoms with Crippen molar-refractivity contribution in [2.45, 2.75) is 33.4 Å². The summed E-state index contributed by atoms with van der Waals surface area (Å²) in [7, 11) is 0. The van der Waals surface area contributed by atoms with Crippen LogP contribution in [0.1, 0.15) is 36.0 Å². The molecule has 1 atom stereocenters. The van der Waals surface area contributed by atoms with Crippen LogP contribution in [-0.2, 0) is 6.54 Å². The molecule has 2 heterocycles. The molecule has 0 fully saturated rings. The molecule has 0 saturated carbocycles. The van der Waals surface area contributed by atoms with Gasteiger partial charge in [0.15, 0.2) is 0 Å². The largest absolute Gasteiger partial charge is 0.444 e. The monoisotopic (exact) mass is 249 g/mol. The van der Waals surface area contributed by atoms with Gasteiger partial charge in [-0.05, 0) is 32.9 Å². The summed E-state index contributed by atoms with van der Waals surface area (Å²) in [6.45, 7) is 6.28. The lowest BCUT2D eigenvalue weighted by molar-refractivity contribution is 0.429. The van der Waals surface area contributed by atoms with Gasteiger partial charge in [-0.15, -0.1) is 0 Å². The second kappa shape index (κ2) is 5.27. The Morgan fingerprint density at radius 3 is 2.72 bits per heavy atom. The van der Waals surface area contributed by atoms with Gasteiger partial charge in [-0.1, -0.05) is 0 Å². The van der Waals surface area contributed by atoms with Gasteiger partial charge in [0, 0.05) is 6.04 Å². The van der Waals surface area contributed by atoms with Crippen molar-refractivity contribution in [2.75, 3.05) is 0 Å². The topological polar surface area (TPSA) is 51.0 Å². The van der Waals surface area contributed by atoms with Crippen LogP contribution in [0.2, 0.25) is 0 Å². The fourth-order valence-corrected chi connectivity index (χ4v) is 1.60. The van der Waals surface area contributed by atoms with E-state index in [0.29, 0.717) is 12.4 Å². The summed E-state index contributed by atoms with van der Waals surface area (Å²) >= 11 is 0. The summed E-state index contributed by atoms with van der Waals surface area (Å²) in [5.41, 5.74) is 1.69. The average molecular weight is 249 g/mol. The van der Waals surface area contributed by atoms with Crippen LogP contribution in [0.25, 0.3) is 0 Å². The first-order valence-electron chi connectivity index (χ1n) is 5.84. The van der Waals surface area contributed by atoms with Crippen molar-refractivity contribution in [2.24, 2.45) is 0 Å². The third kappa shape index (κ3) is 2.92. The Morgan fingerprint density at radius 1 is 1.39 bits per heavy atom. The zero-order valence-corrected chi connectivity index (χ0v) is 10.7. The number of hydrogen-bond acceptors (Lipinski definition) is 4. The number of hydrogen-bond donors (Lipinski definition) is 1. The van der Waals surface area contributed by atoms with Gasteiger partial charge in [0.25, 0.3) is 0 Å². The van der Waals surface area contributed by atoms with E-state index in [1.807, 2.05) is 20.8 Å². The second-order valence-electron chi connectivity index (χ2n) is 4.25. The predicted octanol–water partition coefficient (Wildman–Crippen LogP) is 2.68. The standard InChI is InChI=1S/C13H16FN3O/c1-8-10(3)18-13(17-8)7-15-9(2)12-5-4-11(14)6-16-12/h4-6,9,15H,7H2,1-3H3. The summed E-state index contributed by atoms with van der Waals surface area (Å²) in [4.78, 5) is 8.31. The molecular weight excluding hydrogens is 233 g/mol. The second-order valence-corrected chi connectivity index (χ2v) is 4.25. The maximum absolute atomic E-state index is 12.7. The van der Waals surface area contributed by atoms with Gasteiger partial charge in [-0.3, -0.25) is 4.98 Å². The third-order valence-electron chi connectivity index (χ3n) is 2.83. The lowest BCUT2D eigenvalue weighted by Gasteiger charge is -2.11. The molecule has 0 spiro atoms. The Balaban J connectivity index is 1.95. The summed E-state index contributed by atoms with van der Waals surface area (Å²) < 4.78 is 18.2. The number of halogens is 1. The van der Waals surface area contributed by atoms with Crippen LogP contribution in [0.3, 0.4) is 0 Å². The lowest BCUT2D eigenvalue weighted by atomic mass is 10.2. The van der Waals surface area contributed by atoms with Gasteiger partial charge in [0.05, 0.1) is 24.1 Å². The fraction of sp³-hybridized carbons (Fsp3) is 0.385. The van der Waals surface area contributed by atoms with Crippen LogP contribution in [0.5, 0.6) is 0 Å². The molecule has 1 unspecified atom stereocenters. The fourth-order valence-electron chi connectivity index (χ4n) is 1.60. The molecule has 0 aromatic carbocycles. The predicted molar refractivity (Wildman–Crippen MR) is 65.4 cm³/mol. The molecule has 0 saturated heterocycles. The molecular formula is C13H16FN3O. The van der Waals surface area contributed by atoms with E-state index in [2.05, 4.69) is 15.3 Å². The molecule has 0 aliphatic rings. The van der Waals surface area contributed by atoms with Crippen LogP contribution in [0.15, 0.2) is 22.7 Å². The highest BCUT2D eigenvalue weighted by Crippen LogP contribution is 2.12. The number of pyridine rings is 1. The van der Waals surface area contributed by atoms with Gasteiger partial charge in [0.1, 0.15) is 11.6 Å². The van der Waals surface area contributed by atoms with Crippen molar-refractivity contribution in [3.8, 4) is 0 Å². The summed E-state index contributed by atoms with van der Waals surface area (Å²) in [6.07, 6.45) is 1.22. The smallest absolute Gasteiger partial charge is 0.208 e. The maximum atomic E-state index is 12.7. The Morgan fingerprint density at radius 2 is 2.17 bits per heavy atom. The number of aryl methyl sites for hydroxylation is 2. The van der Waals surface area contributed by atoms with E-state index in [1.54, 1.807) is 6.07 Å². The minimum atomic E-state index is -0.329. The van der Waals surface area contributed by atoms with E-state index in [1.165, 1.54) is 12.3 Å². The highest BCUT2D eigenvalue weighted by Gasteiger charge is 2.09. The normalized spacial score (nSPS) is 12.7. The van der Waals surface area contributed by atoms with E-state index >= 15 is 0 Å². The maximum Gasteiger partial charge on any atom is 0.208 e. The third-order valence-corrected chi connectivity index (χ3v) is 2.83. The Labute approximate surface area is 105 Å². The molecule has 96 valence electrons. The molecule has 0 aliphatic carbocycles. The SMILES string of the molecule is Cc1nc(CNC(C)c2ccc(F)cn2)oc1C. The average Bonchev–Trinajstić information content (AvgIpc) is 2.67. The van der Waals surface area contributed by atoms with Crippen LogP contribution in [0.4, 0.5) is 4.39 Å².